The van der Waals surface area contributed by atoms with Gasteiger partial charge in [0.2, 0.25) is 0 Å². The van der Waals surface area contributed by atoms with Crippen molar-refractivity contribution in [2.24, 2.45) is 5.92 Å². The van der Waals surface area contributed by atoms with Crippen molar-refractivity contribution in [2.45, 2.75) is 0 Å². The zero-order chi connectivity index (χ0) is 7.68. The maximum absolute atomic E-state index is 11.5. The summed E-state index contributed by atoms with van der Waals surface area (Å²) in [6.07, 6.45) is 0. The van der Waals surface area contributed by atoms with Gasteiger partial charge in [0.15, 0.2) is 5.78 Å². The van der Waals surface area contributed by atoms with Crippen LogP contribution in [0.15, 0.2) is 16.8 Å². The number of Topliss-reactive ketones (excluding diaryl/α,β-unsaturated/α-hetero) is 1. The standard InChI is InChI=1S/C8H9NOS/c10-8(7-3-9-4-7)6-1-2-11-5-6/h1-2,5,7,9H,3-4H2. The Bertz CT molecular complexity index is 251. The smallest absolute Gasteiger partial charge is 0.169 e. The Kier molecular flexibility index (Phi) is 1.75. The number of carbonyl (C=O) groups excluding carboxylic acids is 1. The van der Waals surface area contributed by atoms with Crippen LogP contribution in [0.25, 0.3) is 0 Å². The molecule has 1 aromatic rings. The summed E-state index contributed by atoms with van der Waals surface area (Å²) in [5.41, 5.74) is 0.876. The van der Waals surface area contributed by atoms with Gasteiger partial charge in [-0.25, -0.2) is 0 Å². The molecule has 2 heterocycles. The Morgan fingerprint density at radius 3 is 2.91 bits per heavy atom. The Hall–Kier alpha value is -0.670. The van der Waals surface area contributed by atoms with E-state index in [2.05, 4.69) is 5.32 Å². The first-order chi connectivity index (χ1) is 5.38. The van der Waals surface area contributed by atoms with Gasteiger partial charge in [-0.15, -0.1) is 0 Å². The molecular formula is C8H9NOS. The minimum Gasteiger partial charge on any atom is -0.315 e. The summed E-state index contributed by atoms with van der Waals surface area (Å²) < 4.78 is 0. The molecule has 1 aromatic heterocycles. The fourth-order valence-electron chi connectivity index (χ4n) is 1.11. The van der Waals surface area contributed by atoms with E-state index in [0.717, 1.165) is 18.7 Å². The number of hydrogen-bond acceptors (Lipinski definition) is 3. The third kappa shape index (κ3) is 1.21. The number of hydrogen-bond donors (Lipinski definition) is 1. The molecule has 11 heavy (non-hydrogen) atoms. The zero-order valence-corrected chi connectivity index (χ0v) is 6.86. The molecule has 58 valence electrons. The van der Waals surface area contributed by atoms with Crippen LogP contribution in [0.5, 0.6) is 0 Å². The fourth-order valence-corrected chi connectivity index (χ4v) is 1.76. The molecule has 1 saturated heterocycles. The maximum atomic E-state index is 11.5. The van der Waals surface area contributed by atoms with Crippen LogP contribution in [0, 0.1) is 5.92 Å². The van der Waals surface area contributed by atoms with Crippen molar-refractivity contribution in [3.05, 3.63) is 22.4 Å². The van der Waals surface area contributed by atoms with E-state index in [-0.39, 0.29) is 5.92 Å². The maximum Gasteiger partial charge on any atom is 0.169 e. The van der Waals surface area contributed by atoms with Gasteiger partial charge >= 0.3 is 0 Å². The molecule has 3 heteroatoms. The van der Waals surface area contributed by atoms with Crippen LogP contribution >= 0.6 is 11.3 Å². The lowest BCUT2D eigenvalue weighted by Crippen LogP contribution is -2.46. The number of nitrogens with one attached hydrogen (secondary N) is 1. The Labute approximate surface area is 69.2 Å². The zero-order valence-electron chi connectivity index (χ0n) is 6.04. The molecule has 1 N–H and O–H groups in total. The van der Waals surface area contributed by atoms with Crippen LogP contribution in [0.1, 0.15) is 10.4 Å². The van der Waals surface area contributed by atoms with Gasteiger partial charge in [0.1, 0.15) is 0 Å². The Morgan fingerprint density at radius 1 is 1.64 bits per heavy atom. The van der Waals surface area contributed by atoms with Crippen molar-refractivity contribution in [1.82, 2.24) is 5.32 Å². The highest BCUT2D eigenvalue weighted by Crippen LogP contribution is 2.14. The monoisotopic (exact) mass is 167 g/mol. The lowest BCUT2D eigenvalue weighted by Gasteiger charge is -2.25. The average molecular weight is 167 g/mol. The van der Waals surface area contributed by atoms with E-state index in [1.54, 1.807) is 11.3 Å². The Morgan fingerprint density at radius 2 is 2.45 bits per heavy atom. The lowest BCUT2D eigenvalue weighted by atomic mass is 9.94. The molecule has 1 fully saturated rings. The lowest BCUT2D eigenvalue weighted by molar-refractivity contribution is 0.0878. The van der Waals surface area contributed by atoms with E-state index in [1.165, 1.54) is 0 Å². The van der Waals surface area contributed by atoms with Crippen molar-refractivity contribution in [2.75, 3.05) is 13.1 Å². The largest absolute Gasteiger partial charge is 0.315 e. The SMILES string of the molecule is O=C(c1ccsc1)C1CNC1. The third-order valence-corrected chi connectivity index (χ3v) is 2.64. The highest BCUT2D eigenvalue weighted by atomic mass is 32.1. The van der Waals surface area contributed by atoms with E-state index < -0.39 is 0 Å². The Balaban J connectivity index is 2.10. The molecule has 0 bridgehead atoms. The summed E-state index contributed by atoms with van der Waals surface area (Å²) in [7, 11) is 0. The normalized spacial score (nSPS) is 17.8. The van der Waals surface area contributed by atoms with Crippen molar-refractivity contribution in [3.8, 4) is 0 Å². The minimum atomic E-state index is 0.240. The summed E-state index contributed by atoms with van der Waals surface area (Å²) in [5, 5.41) is 6.95. The quantitative estimate of drug-likeness (QED) is 0.669. The summed E-state index contributed by atoms with van der Waals surface area (Å²) >= 11 is 1.58. The first-order valence-corrected chi connectivity index (χ1v) is 4.59. The van der Waals surface area contributed by atoms with Gasteiger partial charge in [-0.2, -0.15) is 11.3 Å². The molecule has 0 atom stereocenters. The van der Waals surface area contributed by atoms with Gasteiger partial charge in [-0.05, 0) is 11.4 Å². The van der Waals surface area contributed by atoms with E-state index >= 15 is 0 Å². The van der Waals surface area contributed by atoms with E-state index in [4.69, 9.17) is 0 Å². The molecule has 0 spiro atoms. The highest BCUT2D eigenvalue weighted by Gasteiger charge is 2.25. The molecule has 2 nitrogen and oxygen atoms in total. The summed E-state index contributed by atoms with van der Waals surface area (Å²) in [6, 6.07) is 1.89. The number of ketones is 1. The van der Waals surface area contributed by atoms with Crippen molar-refractivity contribution < 1.29 is 4.79 Å². The van der Waals surface area contributed by atoms with Crippen LogP contribution in [0.4, 0.5) is 0 Å². The fraction of sp³-hybridized carbons (Fsp3) is 0.375. The molecule has 0 aliphatic carbocycles. The first-order valence-electron chi connectivity index (χ1n) is 3.65. The van der Waals surface area contributed by atoms with Gasteiger partial charge < -0.3 is 5.32 Å². The molecule has 0 unspecified atom stereocenters. The van der Waals surface area contributed by atoms with Gasteiger partial charge in [-0.3, -0.25) is 4.79 Å². The molecule has 0 aromatic carbocycles. The summed E-state index contributed by atoms with van der Waals surface area (Å²) in [5.74, 6) is 0.537. The van der Waals surface area contributed by atoms with Crippen LogP contribution in [0.2, 0.25) is 0 Å². The van der Waals surface area contributed by atoms with Crippen molar-refractivity contribution >= 4 is 17.1 Å². The van der Waals surface area contributed by atoms with Gasteiger partial charge in [0.25, 0.3) is 0 Å². The minimum absolute atomic E-state index is 0.240. The van der Waals surface area contributed by atoms with Crippen LogP contribution in [-0.4, -0.2) is 18.9 Å². The average Bonchev–Trinajstić information content (AvgIpc) is 2.32. The molecule has 1 aliphatic heterocycles. The predicted molar refractivity (Wildman–Crippen MR) is 45.0 cm³/mol. The molecule has 1 aliphatic rings. The highest BCUT2D eigenvalue weighted by molar-refractivity contribution is 7.08. The number of rotatable bonds is 2. The first kappa shape index (κ1) is 7.00. The third-order valence-electron chi connectivity index (χ3n) is 1.96. The molecule has 0 saturated carbocycles. The van der Waals surface area contributed by atoms with Crippen molar-refractivity contribution in [1.29, 1.82) is 0 Å². The number of carbonyl (C=O) groups is 1. The van der Waals surface area contributed by atoms with E-state index in [0.29, 0.717) is 5.78 Å². The van der Waals surface area contributed by atoms with E-state index in [1.807, 2.05) is 16.8 Å². The molecule has 2 rings (SSSR count). The van der Waals surface area contributed by atoms with Crippen molar-refractivity contribution in [3.63, 3.8) is 0 Å². The molecular weight excluding hydrogens is 158 g/mol. The van der Waals surface area contributed by atoms with Gasteiger partial charge in [-0.1, -0.05) is 0 Å². The second-order valence-electron chi connectivity index (χ2n) is 2.73. The number of thiophene rings is 1. The second kappa shape index (κ2) is 2.75. The van der Waals surface area contributed by atoms with Gasteiger partial charge in [0, 0.05) is 30.0 Å². The summed E-state index contributed by atoms with van der Waals surface area (Å²) in [6.45, 7) is 1.71. The van der Waals surface area contributed by atoms with E-state index in [9.17, 15) is 4.79 Å². The molecule has 0 radical (unpaired) electrons. The van der Waals surface area contributed by atoms with Crippen LogP contribution in [-0.2, 0) is 0 Å². The summed E-state index contributed by atoms with van der Waals surface area (Å²) in [4.78, 5) is 11.5. The van der Waals surface area contributed by atoms with Crippen LogP contribution < -0.4 is 5.32 Å². The topological polar surface area (TPSA) is 29.1 Å². The molecule has 0 amide bonds. The van der Waals surface area contributed by atoms with Crippen LogP contribution in [0.3, 0.4) is 0 Å². The predicted octanol–water partition coefficient (Wildman–Crippen LogP) is 1.15. The second-order valence-corrected chi connectivity index (χ2v) is 3.51. The van der Waals surface area contributed by atoms with Gasteiger partial charge in [0.05, 0.1) is 0 Å².